The van der Waals surface area contributed by atoms with E-state index >= 15 is 0 Å². The number of carbonyl (C=O) groups excluding carboxylic acids is 1. The molecule has 35 heavy (non-hydrogen) atoms. The van der Waals surface area contributed by atoms with Gasteiger partial charge < -0.3 is 15.4 Å². The third-order valence-electron chi connectivity index (χ3n) is 5.50. The highest BCUT2D eigenvalue weighted by Crippen LogP contribution is 2.23. The van der Waals surface area contributed by atoms with E-state index in [1.807, 2.05) is 45.9 Å². The van der Waals surface area contributed by atoms with Gasteiger partial charge in [0.25, 0.3) is 0 Å². The van der Waals surface area contributed by atoms with Crippen molar-refractivity contribution in [1.29, 1.82) is 0 Å². The molecule has 8 heteroatoms. The average Bonchev–Trinajstić information content (AvgIpc) is 3.17. The second-order valence-electron chi connectivity index (χ2n) is 10.2. The Kier molecular flexibility index (Phi) is 8.48. The monoisotopic (exact) mass is 478 g/mol. The molecule has 0 radical (unpaired) electrons. The molecular weight excluding hydrogens is 440 g/mol. The largest absolute Gasteiger partial charge is 0.444 e. The molecule has 3 rings (SSSR count). The highest BCUT2D eigenvalue weighted by molar-refractivity contribution is 5.68. The number of anilines is 2. The SMILES string of the molecule is CCc1cc(Nc2nccc(-c3ccc(CNC(=O)OC(C)(C)C)c(C)c3)n2)nn1CCC(C)C. The summed E-state index contributed by atoms with van der Waals surface area (Å²) in [4.78, 5) is 21.0. The number of carbonyl (C=O) groups is 1. The molecule has 2 heterocycles. The predicted octanol–water partition coefficient (Wildman–Crippen LogP) is 6.03. The van der Waals surface area contributed by atoms with E-state index < -0.39 is 11.7 Å². The van der Waals surface area contributed by atoms with Crippen molar-refractivity contribution in [3.8, 4) is 11.3 Å². The van der Waals surface area contributed by atoms with Crippen LogP contribution in [-0.2, 0) is 24.2 Å². The van der Waals surface area contributed by atoms with Gasteiger partial charge in [-0.15, -0.1) is 0 Å². The normalized spacial score (nSPS) is 11.5. The molecule has 0 atom stereocenters. The molecule has 0 saturated heterocycles. The zero-order chi connectivity index (χ0) is 25.6. The van der Waals surface area contributed by atoms with E-state index in [-0.39, 0.29) is 0 Å². The summed E-state index contributed by atoms with van der Waals surface area (Å²) in [6.45, 7) is 15.4. The maximum Gasteiger partial charge on any atom is 0.407 e. The summed E-state index contributed by atoms with van der Waals surface area (Å²) in [7, 11) is 0. The molecule has 0 unspecified atom stereocenters. The quantitative estimate of drug-likeness (QED) is 0.390. The van der Waals surface area contributed by atoms with E-state index in [4.69, 9.17) is 14.8 Å². The summed E-state index contributed by atoms with van der Waals surface area (Å²) in [5.74, 6) is 1.89. The Labute approximate surface area is 208 Å². The topological polar surface area (TPSA) is 94.0 Å². The predicted molar refractivity (Wildman–Crippen MR) is 140 cm³/mol. The van der Waals surface area contributed by atoms with E-state index in [1.54, 1.807) is 6.20 Å². The fourth-order valence-corrected chi connectivity index (χ4v) is 3.60. The van der Waals surface area contributed by atoms with Crippen molar-refractivity contribution in [3.63, 3.8) is 0 Å². The number of alkyl carbamates (subject to hydrolysis) is 1. The van der Waals surface area contributed by atoms with Crippen LogP contribution in [0, 0.1) is 12.8 Å². The minimum atomic E-state index is -0.522. The summed E-state index contributed by atoms with van der Waals surface area (Å²) in [5, 5.41) is 10.8. The molecular formula is C27H38N6O2. The maximum absolute atomic E-state index is 12.0. The van der Waals surface area contributed by atoms with Crippen molar-refractivity contribution in [2.45, 2.75) is 80.0 Å². The highest BCUT2D eigenvalue weighted by Gasteiger charge is 2.16. The zero-order valence-corrected chi connectivity index (χ0v) is 22.0. The number of nitrogens with one attached hydrogen (secondary N) is 2. The minimum absolute atomic E-state index is 0.400. The summed E-state index contributed by atoms with van der Waals surface area (Å²) < 4.78 is 7.38. The molecule has 8 nitrogen and oxygen atoms in total. The Balaban J connectivity index is 1.70. The van der Waals surface area contributed by atoms with Crippen molar-refractivity contribution >= 4 is 17.9 Å². The number of amides is 1. The first kappa shape index (κ1) is 26.2. The van der Waals surface area contributed by atoms with Crippen LogP contribution in [0.4, 0.5) is 16.6 Å². The first-order valence-corrected chi connectivity index (χ1v) is 12.3. The second kappa shape index (κ2) is 11.3. The van der Waals surface area contributed by atoms with Crippen LogP contribution in [0.15, 0.2) is 36.5 Å². The zero-order valence-electron chi connectivity index (χ0n) is 22.0. The van der Waals surface area contributed by atoms with E-state index in [0.29, 0.717) is 18.4 Å². The van der Waals surface area contributed by atoms with Gasteiger partial charge in [0.1, 0.15) is 5.60 Å². The molecule has 1 aromatic carbocycles. The van der Waals surface area contributed by atoms with Gasteiger partial charge in [0.15, 0.2) is 5.82 Å². The summed E-state index contributed by atoms with van der Waals surface area (Å²) in [5.41, 5.74) is 4.54. The number of hydrogen-bond donors (Lipinski definition) is 2. The summed E-state index contributed by atoms with van der Waals surface area (Å²) >= 11 is 0. The summed E-state index contributed by atoms with van der Waals surface area (Å²) in [6.07, 6.45) is 3.32. The lowest BCUT2D eigenvalue weighted by atomic mass is 10.0. The number of rotatable bonds is 9. The fourth-order valence-electron chi connectivity index (χ4n) is 3.60. The lowest BCUT2D eigenvalue weighted by molar-refractivity contribution is 0.0523. The standard InChI is InChI=1S/C27H38N6O2/c1-8-22-16-24(32-33(22)14-12-18(2)3)31-25-28-13-11-23(30-25)20-9-10-21(19(4)15-20)17-29-26(34)35-27(5,6)7/h9-11,13,15-16,18H,8,12,14,17H2,1-7H3,(H,29,34)(H,28,30,31,32). The van der Waals surface area contributed by atoms with E-state index in [1.165, 1.54) is 5.69 Å². The van der Waals surface area contributed by atoms with E-state index in [2.05, 4.69) is 53.2 Å². The van der Waals surface area contributed by atoms with Crippen molar-refractivity contribution in [1.82, 2.24) is 25.1 Å². The molecule has 0 aliphatic carbocycles. The van der Waals surface area contributed by atoms with Crippen LogP contribution in [0.1, 0.15) is 64.8 Å². The van der Waals surface area contributed by atoms with Crippen LogP contribution in [0.5, 0.6) is 0 Å². The van der Waals surface area contributed by atoms with Crippen LogP contribution < -0.4 is 10.6 Å². The smallest absolute Gasteiger partial charge is 0.407 e. The average molecular weight is 479 g/mol. The van der Waals surface area contributed by atoms with Crippen molar-refractivity contribution < 1.29 is 9.53 Å². The third kappa shape index (κ3) is 7.80. The van der Waals surface area contributed by atoms with Gasteiger partial charge in [-0.05, 0) is 69.7 Å². The van der Waals surface area contributed by atoms with Crippen molar-refractivity contribution in [2.75, 3.05) is 5.32 Å². The number of ether oxygens (including phenoxy) is 1. The molecule has 0 aliphatic heterocycles. The van der Waals surface area contributed by atoms with Crippen LogP contribution in [0.2, 0.25) is 0 Å². The van der Waals surface area contributed by atoms with Gasteiger partial charge in [0, 0.05) is 36.6 Å². The van der Waals surface area contributed by atoms with Gasteiger partial charge in [0.05, 0.1) is 5.69 Å². The van der Waals surface area contributed by atoms with E-state index in [9.17, 15) is 4.79 Å². The molecule has 2 aromatic heterocycles. The van der Waals surface area contributed by atoms with Crippen LogP contribution in [-0.4, -0.2) is 31.4 Å². The molecule has 2 N–H and O–H groups in total. The molecule has 0 bridgehead atoms. The third-order valence-corrected chi connectivity index (χ3v) is 5.50. The van der Waals surface area contributed by atoms with Crippen LogP contribution in [0.3, 0.4) is 0 Å². The second-order valence-corrected chi connectivity index (χ2v) is 10.2. The number of aryl methyl sites for hydroxylation is 3. The lowest BCUT2D eigenvalue weighted by Crippen LogP contribution is -2.32. The van der Waals surface area contributed by atoms with Gasteiger partial charge in [-0.25, -0.2) is 14.8 Å². The van der Waals surface area contributed by atoms with Crippen LogP contribution in [0.25, 0.3) is 11.3 Å². The van der Waals surface area contributed by atoms with Gasteiger partial charge in [0.2, 0.25) is 5.95 Å². The molecule has 1 amide bonds. The highest BCUT2D eigenvalue weighted by atomic mass is 16.6. The van der Waals surface area contributed by atoms with Gasteiger partial charge in [-0.3, -0.25) is 4.68 Å². The van der Waals surface area contributed by atoms with Crippen LogP contribution >= 0.6 is 0 Å². The minimum Gasteiger partial charge on any atom is -0.444 e. The fraction of sp³-hybridized carbons (Fsp3) is 0.481. The Hall–Kier alpha value is -3.42. The molecule has 188 valence electrons. The van der Waals surface area contributed by atoms with Crippen molar-refractivity contribution in [2.24, 2.45) is 5.92 Å². The molecule has 0 saturated carbocycles. The summed E-state index contributed by atoms with van der Waals surface area (Å²) in [6, 6.07) is 10.0. The Bertz CT molecular complexity index is 1150. The Morgan fingerprint density at radius 3 is 2.60 bits per heavy atom. The van der Waals surface area contributed by atoms with E-state index in [0.717, 1.165) is 47.6 Å². The number of benzene rings is 1. The van der Waals surface area contributed by atoms with Gasteiger partial charge in [-0.2, -0.15) is 5.10 Å². The number of aromatic nitrogens is 4. The number of nitrogens with zero attached hydrogens (tertiary/aromatic N) is 4. The maximum atomic E-state index is 12.0. The molecule has 0 fully saturated rings. The molecule has 3 aromatic rings. The molecule has 0 spiro atoms. The van der Waals surface area contributed by atoms with Gasteiger partial charge in [-0.1, -0.05) is 32.9 Å². The Morgan fingerprint density at radius 2 is 1.94 bits per heavy atom. The van der Waals surface area contributed by atoms with Crippen molar-refractivity contribution in [3.05, 3.63) is 53.3 Å². The Morgan fingerprint density at radius 1 is 1.17 bits per heavy atom. The van der Waals surface area contributed by atoms with Gasteiger partial charge >= 0.3 is 6.09 Å². The molecule has 0 aliphatic rings. The first-order chi connectivity index (χ1) is 16.5. The number of hydrogen-bond acceptors (Lipinski definition) is 6. The first-order valence-electron chi connectivity index (χ1n) is 12.3. The lowest BCUT2D eigenvalue weighted by Gasteiger charge is -2.20.